The number of aliphatic hydroxyl groups is 1. The Labute approximate surface area is 110 Å². The summed E-state index contributed by atoms with van der Waals surface area (Å²) in [6.45, 7) is -0.105. The van der Waals surface area contributed by atoms with Crippen LogP contribution in [0.1, 0.15) is 11.1 Å². The first-order valence-corrected chi connectivity index (χ1v) is 5.68. The number of hydrogen-bond donors (Lipinski definition) is 1. The summed E-state index contributed by atoms with van der Waals surface area (Å²) in [5, 5.41) is 18.6. The first-order valence-electron chi connectivity index (χ1n) is 5.30. The number of nitrogens with zero attached hydrogens (tertiary/aromatic N) is 1. The Hall–Kier alpha value is -2.02. The molecule has 2 rings (SSSR count). The van der Waals surface area contributed by atoms with Crippen LogP contribution < -0.4 is 4.74 Å². The van der Waals surface area contributed by atoms with Crippen LogP contribution in [0, 0.1) is 11.3 Å². The Kier molecular flexibility index (Phi) is 3.83. The van der Waals surface area contributed by atoms with Gasteiger partial charge in [0, 0.05) is 5.02 Å². The predicted octanol–water partition coefficient (Wildman–Crippen LogP) is 3.50. The maximum Gasteiger partial charge on any atom is 0.145 e. The third-order valence-corrected chi connectivity index (χ3v) is 2.61. The normalized spacial score (nSPS) is 9.83. The molecule has 3 nitrogen and oxygen atoms in total. The molecule has 0 aliphatic heterocycles. The summed E-state index contributed by atoms with van der Waals surface area (Å²) >= 11 is 5.85. The summed E-state index contributed by atoms with van der Waals surface area (Å²) in [5.41, 5.74) is 1.05. The Morgan fingerprint density at radius 3 is 2.72 bits per heavy atom. The quantitative estimate of drug-likeness (QED) is 0.918. The van der Waals surface area contributed by atoms with Gasteiger partial charge in [0.25, 0.3) is 0 Å². The van der Waals surface area contributed by atoms with Crippen molar-refractivity contribution >= 4 is 11.6 Å². The van der Waals surface area contributed by atoms with E-state index in [-0.39, 0.29) is 6.61 Å². The highest BCUT2D eigenvalue weighted by Crippen LogP contribution is 2.27. The minimum absolute atomic E-state index is 0.105. The van der Waals surface area contributed by atoms with Gasteiger partial charge < -0.3 is 9.84 Å². The minimum Gasteiger partial charge on any atom is -0.456 e. The van der Waals surface area contributed by atoms with Gasteiger partial charge in [-0.15, -0.1) is 0 Å². The monoisotopic (exact) mass is 259 g/mol. The summed E-state index contributed by atoms with van der Waals surface area (Å²) in [6.07, 6.45) is 0. The molecule has 0 amide bonds. The van der Waals surface area contributed by atoms with Gasteiger partial charge in [0.15, 0.2) is 0 Å². The molecule has 0 aliphatic carbocycles. The zero-order valence-electron chi connectivity index (χ0n) is 9.43. The third-order valence-electron chi connectivity index (χ3n) is 2.37. The summed E-state index contributed by atoms with van der Waals surface area (Å²) in [4.78, 5) is 0. The second kappa shape index (κ2) is 5.54. The fourth-order valence-corrected chi connectivity index (χ4v) is 1.69. The van der Waals surface area contributed by atoms with Crippen molar-refractivity contribution in [1.82, 2.24) is 0 Å². The molecule has 0 unspecified atom stereocenters. The lowest BCUT2D eigenvalue weighted by Gasteiger charge is -2.08. The van der Waals surface area contributed by atoms with Gasteiger partial charge in [-0.3, -0.25) is 0 Å². The van der Waals surface area contributed by atoms with Crippen molar-refractivity contribution < 1.29 is 9.84 Å². The highest BCUT2D eigenvalue weighted by atomic mass is 35.5. The van der Waals surface area contributed by atoms with Gasteiger partial charge >= 0.3 is 0 Å². The number of nitriles is 1. The molecule has 0 bridgehead atoms. The number of rotatable bonds is 3. The molecule has 1 N–H and O–H groups in total. The van der Waals surface area contributed by atoms with Gasteiger partial charge in [0.1, 0.15) is 17.6 Å². The van der Waals surface area contributed by atoms with E-state index in [0.717, 1.165) is 0 Å². The van der Waals surface area contributed by atoms with Crippen LogP contribution in [0.2, 0.25) is 5.02 Å². The van der Waals surface area contributed by atoms with Crippen molar-refractivity contribution in [1.29, 1.82) is 5.26 Å². The van der Waals surface area contributed by atoms with Crippen LogP contribution in [-0.2, 0) is 6.61 Å². The van der Waals surface area contributed by atoms with Crippen molar-refractivity contribution in [3.63, 3.8) is 0 Å². The maximum absolute atomic E-state index is 9.03. The van der Waals surface area contributed by atoms with E-state index >= 15 is 0 Å². The molecule has 90 valence electrons. The number of halogens is 1. The molecule has 0 aliphatic rings. The molecule has 18 heavy (non-hydrogen) atoms. The molecule has 0 saturated carbocycles. The topological polar surface area (TPSA) is 53.2 Å². The predicted molar refractivity (Wildman–Crippen MR) is 68.6 cm³/mol. The summed E-state index contributed by atoms with van der Waals surface area (Å²) in [6, 6.07) is 13.9. The zero-order chi connectivity index (χ0) is 13.0. The van der Waals surface area contributed by atoms with E-state index in [1.165, 1.54) is 0 Å². The summed E-state index contributed by atoms with van der Waals surface area (Å²) in [5.74, 6) is 1.01. The van der Waals surface area contributed by atoms with E-state index in [4.69, 9.17) is 26.7 Å². The van der Waals surface area contributed by atoms with Gasteiger partial charge in [0.05, 0.1) is 12.2 Å². The van der Waals surface area contributed by atoms with E-state index in [9.17, 15) is 0 Å². The third kappa shape index (κ3) is 2.80. The van der Waals surface area contributed by atoms with Crippen LogP contribution in [-0.4, -0.2) is 5.11 Å². The van der Waals surface area contributed by atoms with E-state index in [2.05, 4.69) is 0 Å². The standard InChI is InChI=1S/C14H10ClNO2/c15-12-2-1-3-13(7-12)18-14-5-4-10(9-17)6-11(14)8-16/h1-7,17H,9H2. The minimum atomic E-state index is -0.105. The summed E-state index contributed by atoms with van der Waals surface area (Å²) < 4.78 is 5.59. The number of aliphatic hydroxyl groups excluding tert-OH is 1. The van der Waals surface area contributed by atoms with Crippen molar-refractivity contribution in [2.24, 2.45) is 0 Å². The van der Waals surface area contributed by atoms with Crippen molar-refractivity contribution in [2.75, 3.05) is 0 Å². The molecule has 0 atom stereocenters. The Morgan fingerprint density at radius 2 is 2.06 bits per heavy atom. The highest BCUT2D eigenvalue weighted by Gasteiger charge is 2.06. The Morgan fingerprint density at radius 1 is 1.22 bits per heavy atom. The average Bonchev–Trinajstić information content (AvgIpc) is 2.39. The molecule has 0 fully saturated rings. The van der Waals surface area contributed by atoms with Crippen molar-refractivity contribution in [3.8, 4) is 17.6 Å². The van der Waals surface area contributed by atoms with E-state index in [0.29, 0.717) is 27.6 Å². The molecule has 4 heteroatoms. The molecule has 0 spiro atoms. The maximum atomic E-state index is 9.03. The number of ether oxygens (including phenoxy) is 1. The molecular formula is C14H10ClNO2. The molecule has 0 aromatic heterocycles. The van der Waals surface area contributed by atoms with Crippen molar-refractivity contribution in [2.45, 2.75) is 6.61 Å². The second-order valence-corrected chi connectivity index (χ2v) is 4.10. The SMILES string of the molecule is N#Cc1cc(CO)ccc1Oc1cccc(Cl)c1. The molecular weight excluding hydrogens is 250 g/mol. The fraction of sp³-hybridized carbons (Fsp3) is 0.0714. The van der Waals surface area contributed by atoms with Gasteiger partial charge in [-0.2, -0.15) is 5.26 Å². The zero-order valence-corrected chi connectivity index (χ0v) is 10.2. The average molecular weight is 260 g/mol. The fourth-order valence-electron chi connectivity index (χ4n) is 1.51. The lowest BCUT2D eigenvalue weighted by Crippen LogP contribution is -1.91. The molecule has 2 aromatic carbocycles. The molecule has 0 radical (unpaired) electrons. The largest absolute Gasteiger partial charge is 0.456 e. The smallest absolute Gasteiger partial charge is 0.145 e. The number of hydrogen-bond acceptors (Lipinski definition) is 3. The van der Waals surface area contributed by atoms with Crippen LogP contribution >= 0.6 is 11.6 Å². The van der Waals surface area contributed by atoms with E-state index in [1.807, 2.05) is 6.07 Å². The first-order chi connectivity index (χ1) is 8.72. The van der Waals surface area contributed by atoms with Gasteiger partial charge in [-0.25, -0.2) is 0 Å². The first kappa shape index (κ1) is 12.4. The van der Waals surface area contributed by atoms with Gasteiger partial charge in [-0.05, 0) is 35.9 Å². The Bertz CT molecular complexity index is 605. The van der Waals surface area contributed by atoms with E-state index < -0.39 is 0 Å². The van der Waals surface area contributed by atoms with Crippen molar-refractivity contribution in [3.05, 3.63) is 58.6 Å². The number of benzene rings is 2. The second-order valence-electron chi connectivity index (χ2n) is 3.66. The molecule has 2 aromatic rings. The van der Waals surface area contributed by atoms with Crippen LogP contribution in [0.25, 0.3) is 0 Å². The highest BCUT2D eigenvalue weighted by molar-refractivity contribution is 6.30. The van der Waals surface area contributed by atoms with E-state index in [1.54, 1.807) is 42.5 Å². The van der Waals surface area contributed by atoms with Gasteiger partial charge in [0.2, 0.25) is 0 Å². The van der Waals surface area contributed by atoms with Crippen LogP contribution in [0.5, 0.6) is 11.5 Å². The van der Waals surface area contributed by atoms with Crippen LogP contribution in [0.4, 0.5) is 0 Å². The molecule has 0 saturated heterocycles. The van der Waals surface area contributed by atoms with Crippen LogP contribution in [0.15, 0.2) is 42.5 Å². The lowest BCUT2D eigenvalue weighted by molar-refractivity contribution is 0.281. The Balaban J connectivity index is 2.32. The van der Waals surface area contributed by atoms with Crippen LogP contribution in [0.3, 0.4) is 0 Å². The van der Waals surface area contributed by atoms with Gasteiger partial charge in [-0.1, -0.05) is 23.7 Å². The summed E-state index contributed by atoms with van der Waals surface area (Å²) in [7, 11) is 0. The molecule has 0 heterocycles. The lowest BCUT2D eigenvalue weighted by atomic mass is 10.1.